The lowest BCUT2D eigenvalue weighted by molar-refractivity contribution is 0.483. The fraction of sp³-hybridized carbons (Fsp3) is 0. The van der Waals surface area contributed by atoms with Gasteiger partial charge < -0.3 is 4.98 Å². The van der Waals surface area contributed by atoms with Gasteiger partial charge in [-0.25, -0.2) is 0 Å². The highest BCUT2D eigenvalue weighted by Gasteiger charge is 2.16. The summed E-state index contributed by atoms with van der Waals surface area (Å²) in [5.41, 5.74) is 4.91. The highest BCUT2D eigenvalue weighted by atomic mass is 32.2. The number of aromatic nitrogens is 1. The maximum atomic E-state index is 11.3. The molecule has 2 N–H and O–H groups in total. The Labute approximate surface area is 145 Å². The van der Waals surface area contributed by atoms with Crippen molar-refractivity contribution >= 4 is 21.0 Å². The van der Waals surface area contributed by atoms with Crippen LogP contribution in [0.15, 0.2) is 83.8 Å². The molecular weight excluding hydrogens is 334 g/mol. The van der Waals surface area contributed by atoms with Crippen LogP contribution in [-0.2, 0) is 10.1 Å². The SMILES string of the molecule is O=S(=O)(O)c1ccc(-c2c(-c3ccccc3)[nH]c3ccccc23)cc1. The number of benzene rings is 3. The van der Waals surface area contributed by atoms with Crippen molar-refractivity contribution in [1.82, 2.24) is 4.98 Å². The second kappa shape index (κ2) is 5.88. The largest absolute Gasteiger partial charge is 0.354 e. The zero-order chi connectivity index (χ0) is 17.4. The number of rotatable bonds is 3. The third-order valence-corrected chi connectivity index (χ3v) is 5.08. The van der Waals surface area contributed by atoms with Gasteiger partial charge in [0.1, 0.15) is 0 Å². The number of para-hydroxylation sites is 1. The van der Waals surface area contributed by atoms with E-state index < -0.39 is 10.1 Å². The van der Waals surface area contributed by atoms with Crippen molar-refractivity contribution in [3.05, 3.63) is 78.9 Å². The first kappa shape index (κ1) is 15.6. The molecule has 0 unspecified atom stereocenters. The summed E-state index contributed by atoms with van der Waals surface area (Å²) < 4.78 is 31.7. The lowest BCUT2D eigenvalue weighted by atomic mass is 9.98. The molecule has 0 radical (unpaired) electrons. The van der Waals surface area contributed by atoms with Crippen molar-refractivity contribution in [3.8, 4) is 22.4 Å². The van der Waals surface area contributed by atoms with E-state index >= 15 is 0 Å². The highest BCUT2D eigenvalue weighted by Crippen LogP contribution is 2.38. The molecule has 1 heterocycles. The third-order valence-electron chi connectivity index (χ3n) is 4.21. The van der Waals surface area contributed by atoms with Crippen molar-refractivity contribution in [3.63, 3.8) is 0 Å². The van der Waals surface area contributed by atoms with Crippen LogP contribution in [0, 0.1) is 0 Å². The molecule has 0 aliphatic carbocycles. The van der Waals surface area contributed by atoms with Gasteiger partial charge in [0, 0.05) is 16.5 Å². The fourth-order valence-electron chi connectivity index (χ4n) is 3.06. The van der Waals surface area contributed by atoms with Gasteiger partial charge in [-0.3, -0.25) is 4.55 Å². The second-order valence-electron chi connectivity index (χ2n) is 5.79. The van der Waals surface area contributed by atoms with Gasteiger partial charge in [-0.1, -0.05) is 60.7 Å². The minimum Gasteiger partial charge on any atom is -0.354 e. The van der Waals surface area contributed by atoms with Gasteiger partial charge in [0.25, 0.3) is 10.1 Å². The summed E-state index contributed by atoms with van der Waals surface area (Å²) >= 11 is 0. The molecule has 0 aliphatic rings. The van der Waals surface area contributed by atoms with Gasteiger partial charge in [0.2, 0.25) is 0 Å². The minimum absolute atomic E-state index is 0.114. The van der Waals surface area contributed by atoms with Gasteiger partial charge in [-0.2, -0.15) is 8.42 Å². The Bertz CT molecular complexity index is 1140. The maximum Gasteiger partial charge on any atom is 0.294 e. The van der Waals surface area contributed by atoms with E-state index in [0.717, 1.165) is 33.3 Å². The molecule has 0 saturated heterocycles. The Balaban J connectivity index is 1.97. The van der Waals surface area contributed by atoms with Crippen molar-refractivity contribution in [2.24, 2.45) is 0 Å². The van der Waals surface area contributed by atoms with Crippen LogP contribution in [0.25, 0.3) is 33.3 Å². The Hall–Kier alpha value is -2.89. The summed E-state index contributed by atoms with van der Waals surface area (Å²) in [6.07, 6.45) is 0. The molecular formula is C20H15NO3S. The molecule has 0 aliphatic heterocycles. The zero-order valence-corrected chi connectivity index (χ0v) is 14.0. The van der Waals surface area contributed by atoms with Crippen LogP contribution in [0.2, 0.25) is 0 Å². The molecule has 4 rings (SSSR count). The lowest BCUT2D eigenvalue weighted by Crippen LogP contribution is -1.97. The van der Waals surface area contributed by atoms with Crippen LogP contribution in [0.3, 0.4) is 0 Å². The van der Waals surface area contributed by atoms with Crippen molar-refractivity contribution in [2.45, 2.75) is 4.90 Å². The van der Waals surface area contributed by atoms with Crippen LogP contribution in [0.1, 0.15) is 0 Å². The number of hydrogen-bond acceptors (Lipinski definition) is 2. The average Bonchev–Trinajstić information content (AvgIpc) is 3.01. The summed E-state index contributed by atoms with van der Waals surface area (Å²) in [5.74, 6) is 0. The van der Waals surface area contributed by atoms with Crippen LogP contribution < -0.4 is 0 Å². The average molecular weight is 349 g/mol. The second-order valence-corrected chi connectivity index (χ2v) is 7.21. The predicted molar refractivity (Wildman–Crippen MR) is 99.0 cm³/mol. The first-order valence-corrected chi connectivity index (χ1v) is 9.22. The molecule has 0 amide bonds. The van der Waals surface area contributed by atoms with E-state index in [1.807, 2.05) is 54.6 Å². The van der Waals surface area contributed by atoms with Crippen molar-refractivity contribution in [2.75, 3.05) is 0 Å². The Morgan fingerprint density at radius 3 is 2.04 bits per heavy atom. The number of nitrogens with one attached hydrogen (secondary N) is 1. The van der Waals surface area contributed by atoms with Gasteiger partial charge in [-0.05, 0) is 29.3 Å². The fourth-order valence-corrected chi connectivity index (χ4v) is 3.54. The summed E-state index contributed by atoms with van der Waals surface area (Å²) in [6.45, 7) is 0. The quantitative estimate of drug-likeness (QED) is 0.524. The van der Waals surface area contributed by atoms with E-state index in [0.29, 0.717) is 0 Å². The standard InChI is InChI=1S/C20H15NO3S/c22-25(23,24)16-12-10-14(11-13-16)19-17-8-4-5-9-18(17)21-20(19)15-6-2-1-3-7-15/h1-13,21H,(H,22,23,24). The summed E-state index contributed by atoms with van der Waals surface area (Å²) in [5, 5.41) is 1.06. The first-order chi connectivity index (χ1) is 12.0. The smallest absolute Gasteiger partial charge is 0.294 e. The molecule has 25 heavy (non-hydrogen) atoms. The first-order valence-electron chi connectivity index (χ1n) is 7.78. The third kappa shape index (κ3) is 2.84. The summed E-state index contributed by atoms with van der Waals surface area (Å²) in [4.78, 5) is 3.34. The summed E-state index contributed by atoms with van der Waals surface area (Å²) in [6, 6.07) is 24.2. The van der Waals surface area contributed by atoms with Crippen LogP contribution in [-0.4, -0.2) is 18.0 Å². The Kier molecular flexibility index (Phi) is 3.67. The molecule has 4 aromatic rings. The van der Waals surface area contributed by atoms with Gasteiger partial charge in [-0.15, -0.1) is 0 Å². The molecule has 0 spiro atoms. The van der Waals surface area contributed by atoms with Crippen molar-refractivity contribution < 1.29 is 13.0 Å². The monoisotopic (exact) mass is 349 g/mol. The molecule has 3 aromatic carbocycles. The van der Waals surface area contributed by atoms with Crippen LogP contribution >= 0.6 is 0 Å². The normalized spacial score (nSPS) is 11.7. The molecule has 0 bridgehead atoms. The molecule has 4 nitrogen and oxygen atoms in total. The van der Waals surface area contributed by atoms with Gasteiger partial charge in [0.15, 0.2) is 0 Å². The Morgan fingerprint density at radius 2 is 1.36 bits per heavy atom. The number of hydrogen-bond donors (Lipinski definition) is 2. The van der Waals surface area contributed by atoms with E-state index in [1.54, 1.807) is 12.1 Å². The molecule has 1 aromatic heterocycles. The van der Waals surface area contributed by atoms with E-state index in [2.05, 4.69) is 4.98 Å². The van der Waals surface area contributed by atoms with E-state index in [-0.39, 0.29) is 4.90 Å². The van der Waals surface area contributed by atoms with Crippen LogP contribution in [0.5, 0.6) is 0 Å². The van der Waals surface area contributed by atoms with E-state index in [1.165, 1.54) is 12.1 Å². The minimum atomic E-state index is -4.20. The lowest BCUT2D eigenvalue weighted by Gasteiger charge is -2.06. The molecule has 5 heteroatoms. The molecule has 0 atom stereocenters. The van der Waals surface area contributed by atoms with Gasteiger partial charge >= 0.3 is 0 Å². The number of fused-ring (bicyclic) bond motifs is 1. The molecule has 124 valence electrons. The maximum absolute atomic E-state index is 11.3. The predicted octanol–water partition coefficient (Wildman–Crippen LogP) is 4.75. The summed E-state index contributed by atoms with van der Waals surface area (Å²) in [7, 11) is -4.20. The molecule has 0 saturated carbocycles. The van der Waals surface area contributed by atoms with Crippen LogP contribution in [0.4, 0.5) is 0 Å². The Morgan fingerprint density at radius 1 is 0.720 bits per heavy atom. The number of H-pyrrole nitrogens is 1. The topological polar surface area (TPSA) is 70.2 Å². The molecule has 0 fully saturated rings. The van der Waals surface area contributed by atoms with E-state index in [9.17, 15) is 13.0 Å². The highest BCUT2D eigenvalue weighted by molar-refractivity contribution is 7.85. The van der Waals surface area contributed by atoms with Gasteiger partial charge in [0.05, 0.1) is 10.6 Å². The number of aromatic amines is 1. The van der Waals surface area contributed by atoms with E-state index in [4.69, 9.17) is 0 Å². The zero-order valence-electron chi connectivity index (χ0n) is 13.2. The van der Waals surface area contributed by atoms with Crippen molar-refractivity contribution in [1.29, 1.82) is 0 Å².